The number of carbonyl (C=O) groups is 2. The first kappa shape index (κ1) is 20.4. The van der Waals surface area contributed by atoms with Crippen molar-refractivity contribution < 1.29 is 24.2 Å². The third-order valence-electron chi connectivity index (χ3n) is 4.43. The van der Waals surface area contributed by atoms with Gasteiger partial charge in [-0.1, -0.05) is 32.6 Å². The molecule has 0 unspecified atom stereocenters. The van der Waals surface area contributed by atoms with Crippen LogP contribution in [0, 0.1) is 11.8 Å². The second-order valence-corrected chi connectivity index (χ2v) is 7.09. The van der Waals surface area contributed by atoms with Gasteiger partial charge in [0.15, 0.2) is 0 Å². The van der Waals surface area contributed by atoms with Crippen molar-refractivity contribution in [2.45, 2.75) is 64.6 Å². The van der Waals surface area contributed by atoms with E-state index in [1.54, 1.807) is 13.0 Å². The summed E-state index contributed by atoms with van der Waals surface area (Å²) in [7, 11) is 1.31. The molecule has 1 aliphatic rings. The fourth-order valence-corrected chi connectivity index (χ4v) is 2.73. The van der Waals surface area contributed by atoms with Crippen molar-refractivity contribution in [2.75, 3.05) is 7.11 Å². The molecular weight excluding hydrogens is 308 g/mol. The first-order valence-electron chi connectivity index (χ1n) is 8.50. The van der Waals surface area contributed by atoms with Crippen LogP contribution in [0.25, 0.3) is 0 Å². The topological polar surface area (TPSA) is 72.8 Å². The molecule has 0 aromatic heterocycles. The number of ether oxygens (including phenoxy) is 2. The summed E-state index contributed by atoms with van der Waals surface area (Å²) in [6.07, 6.45) is 6.21. The molecule has 0 radical (unpaired) electrons. The van der Waals surface area contributed by atoms with Crippen molar-refractivity contribution in [2.24, 2.45) is 11.8 Å². The lowest BCUT2D eigenvalue weighted by Crippen LogP contribution is -2.26. The smallest absolute Gasteiger partial charge is 0.308 e. The van der Waals surface area contributed by atoms with Gasteiger partial charge in [-0.2, -0.15) is 0 Å². The molecule has 0 aromatic carbocycles. The number of aliphatic hydroxyl groups is 1. The molecule has 136 valence electrons. The number of rotatable bonds is 9. The van der Waals surface area contributed by atoms with E-state index in [4.69, 9.17) is 4.74 Å². The van der Waals surface area contributed by atoms with Crippen LogP contribution in [0.15, 0.2) is 24.3 Å². The Bertz CT molecular complexity index is 490. The van der Waals surface area contributed by atoms with Crippen molar-refractivity contribution in [3.63, 3.8) is 0 Å². The number of hydrogen-bond donors (Lipinski definition) is 1. The monoisotopic (exact) mass is 338 g/mol. The Morgan fingerprint density at radius 1 is 1.54 bits per heavy atom. The zero-order chi connectivity index (χ0) is 18.3. The highest BCUT2D eigenvalue weighted by atomic mass is 16.5. The molecule has 0 saturated carbocycles. The van der Waals surface area contributed by atoms with E-state index >= 15 is 0 Å². The molecular formula is C19H30O5. The molecule has 5 nitrogen and oxygen atoms in total. The van der Waals surface area contributed by atoms with Crippen LogP contribution in [-0.2, 0) is 19.1 Å². The van der Waals surface area contributed by atoms with Crippen LogP contribution in [0.2, 0.25) is 0 Å². The fourth-order valence-electron chi connectivity index (χ4n) is 2.73. The third-order valence-corrected chi connectivity index (χ3v) is 4.43. The van der Waals surface area contributed by atoms with Crippen molar-refractivity contribution >= 4 is 11.9 Å². The lowest BCUT2D eigenvalue weighted by Gasteiger charge is -2.22. The molecule has 24 heavy (non-hydrogen) atoms. The predicted molar refractivity (Wildman–Crippen MR) is 92.2 cm³/mol. The van der Waals surface area contributed by atoms with Gasteiger partial charge in [0.1, 0.15) is 6.10 Å². The Kier molecular flexibility index (Phi) is 7.67. The van der Waals surface area contributed by atoms with Gasteiger partial charge in [-0.25, -0.2) is 0 Å². The second-order valence-electron chi connectivity index (χ2n) is 7.09. The van der Waals surface area contributed by atoms with Crippen LogP contribution in [0.1, 0.15) is 52.9 Å². The van der Waals surface area contributed by atoms with Crippen molar-refractivity contribution in [3.8, 4) is 0 Å². The predicted octanol–water partition coefficient (Wildman–Crippen LogP) is 3.17. The third kappa shape index (κ3) is 6.87. The summed E-state index contributed by atoms with van der Waals surface area (Å²) < 4.78 is 9.84. The van der Waals surface area contributed by atoms with Gasteiger partial charge in [0, 0.05) is 6.42 Å². The molecule has 0 aliphatic carbocycles. The molecule has 1 saturated heterocycles. The molecule has 1 fully saturated rings. The van der Waals surface area contributed by atoms with E-state index in [2.05, 4.69) is 25.2 Å². The van der Waals surface area contributed by atoms with E-state index in [1.165, 1.54) is 7.11 Å². The summed E-state index contributed by atoms with van der Waals surface area (Å²) in [4.78, 5) is 22.5. The average molecular weight is 338 g/mol. The fraction of sp³-hybridized carbons (Fsp3) is 0.684. The zero-order valence-electron chi connectivity index (χ0n) is 15.2. The molecule has 1 rings (SSSR count). The van der Waals surface area contributed by atoms with Crippen LogP contribution >= 0.6 is 0 Å². The lowest BCUT2D eigenvalue weighted by atomic mass is 9.87. The molecule has 0 amide bonds. The van der Waals surface area contributed by atoms with Gasteiger partial charge in [0.25, 0.3) is 0 Å². The number of hydrogen-bond acceptors (Lipinski definition) is 5. The van der Waals surface area contributed by atoms with Crippen LogP contribution in [0.5, 0.6) is 0 Å². The summed E-state index contributed by atoms with van der Waals surface area (Å²) in [5.41, 5.74) is -0.278. The molecule has 0 spiro atoms. The van der Waals surface area contributed by atoms with Gasteiger partial charge >= 0.3 is 11.9 Å². The molecule has 0 aromatic rings. The Balaban J connectivity index is 2.57. The van der Waals surface area contributed by atoms with Gasteiger partial charge in [-0.15, -0.1) is 0 Å². The average Bonchev–Trinajstić information content (AvgIpc) is 2.92. The van der Waals surface area contributed by atoms with Crippen LogP contribution in [-0.4, -0.2) is 35.9 Å². The lowest BCUT2D eigenvalue weighted by molar-refractivity contribution is -0.144. The van der Waals surface area contributed by atoms with Gasteiger partial charge in [-0.05, 0) is 43.6 Å². The standard InChI is InChI=1S/C19H30O5/c1-13(2)15(10-11-19(4,22)12-18(21)23-5)7-6-14(3)16-8-9-17(20)24-16/h10-11,13,15-16,22H,3,6-9,12H2,1-2,4-5H3/b11-10+/t15-,16-,19+/m0/s1. The van der Waals surface area contributed by atoms with Gasteiger partial charge in [-0.3, -0.25) is 9.59 Å². The van der Waals surface area contributed by atoms with E-state index in [0.717, 1.165) is 18.4 Å². The summed E-state index contributed by atoms with van der Waals surface area (Å²) in [5, 5.41) is 10.3. The Hall–Kier alpha value is -1.62. The number of allylic oxidation sites excluding steroid dienone is 1. The first-order chi connectivity index (χ1) is 11.1. The van der Waals surface area contributed by atoms with Crippen molar-refractivity contribution in [3.05, 3.63) is 24.3 Å². The maximum Gasteiger partial charge on any atom is 0.308 e. The number of cyclic esters (lactones) is 1. The maximum absolute atomic E-state index is 11.3. The molecule has 0 bridgehead atoms. The second kappa shape index (κ2) is 9.02. The van der Waals surface area contributed by atoms with Crippen molar-refractivity contribution in [1.29, 1.82) is 0 Å². The van der Waals surface area contributed by atoms with Gasteiger partial charge < -0.3 is 14.6 Å². The summed E-state index contributed by atoms with van der Waals surface area (Å²) in [5.74, 6) is 0.0274. The number of esters is 2. The molecule has 1 aliphatic heterocycles. The molecule has 1 N–H and O–H groups in total. The summed E-state index contributed by atoms with van der Waals surface area (Å²) >= 11 is 0. The van der Waals surface area contributed by atoms with E-state index in [1.807, 2.05) is 6.08 Å². The van der Waals surface area contributed by atoms with E-state index in [9.17, 15) is 14.7 Å². The maximum atomic E-state index is 11.3. The first-order valence-corrected chi connectivity index (χ1v) is 8.50. The number of carbonyl (C=O) groups excluding carboxylic acids is 2. The largest absolute Gasteiger partial charge is 0.469 e. The minimum absolute atomic E-state index is 0.0739. The highest BCUT2D eigenvalue weighted by Gasteiger charge is 2.26. The molecule has 3 atom stereocenters. The van der Waals surface area contributed by atoms with Crippen LogP contribution < -0.4 is 0 Å². The summed E-state index contributed by atoms with van der Waals surface area (Å²) in [6, 6.07) is 0. The molecule has 1 heterocycles. The van der Waals surface area contributed by atoms with Crippen LogP contribution in [0.3, 0.4) is 0 Å². The van der Waals surface area contributed by atoms with Gasteiger partial charge in [0.05, 0.1) is 19.1 Å². The summed E-state index contributed by atoms with van der Waals surface area (Å²) in [6.45, 7) is 9.87. The SMILES string of the molecule is C=C(CC[C@@H](/C=C/[C@@](C)(O)CC(=O)OC)C(C)C)[C@@H]1CCC(=O)O1. The minimum Gasteiger partial charge on any atom is -0.469 e. The normalized spacial score (nSPS) is 21.6. The highest BCUT2D eigenvalue weighted by molar-refractivity contribution is 5.72. The van der Waals surface area contributed by atoms with E-state index in [0.29, 0.717) is 18.8 Å². The highest BCUT2D eigenvalue weighted by Crippen LogP contribution is 2.27. The molecule has 5 heteroatoms. The Morgan fingerprint density at radius 2 is 2.21 bits per heavy atom. The Morgan fingerprint density at radius 3 is 2.71 bits per heavy atom. The van der Waals surface area contributed by atoms with E-state index in [-0.39, 0.29) is 24.4 Å². The minimum atomic E-state index is -1.22. The Labute approximate surface area is 144 Å². The van der Waals surface area contributed by atoms with Crippen molar-refractivity contribution in [1.82, 2.24) is 0 Å². The zero-order valence-corrected chi connectivity index (χ0v) is 15.2. The van der Waals surface area contributed by atoms with E-state index < -0.39 is 11.6 Å². The van der Waals surface area contributed by atoms with Gasteiger partial charge in [0.2, 0.25) is 0 Å². The van der Waals surface area contributed by atoms with Crippen LogP contribution in [0.4, 0.5) is 0 Å². The quantitative estimate of drug-likeness (QED) is 0.516. The number of methoxy groups -OCH3 is 1.